The van der Waals surface area contributed by atoms with Crippen LogP contribution in [0.5, 0.6) is 0 Å². The maximum absolute atomic E-state index is 2.40. The molecule has 0 saturated carbocycles. The van der Waals surface area contributed by atoms with E-state index in [4.69, 9.17) is 0 Å². The highest BCUT2D eigenvalue weighted by Gasteiger charge is 2.11. The van der Waals surface area contributed by atoms with E-state index in [2.05, 4.69) is 25.2 Å². The molecule has 58 valence electrons. The number of hydrogen-bond donors (Lipinski definition) is 0. The Balaban J connectivity index is 2.34. The lowest BCUT2D eigenvalue weighted by atomic mass is 9.87. The maximum atomic E-state index is 2.40. The van der Waals surface area contributed by atoms with Crippen LogP contribution < -0.4 is 0 Å². The van der Waals surface area contributed by atoms with Gasteiger partial charge in [0, 0.05) is 0 Å². The van der Waals surface area contributed by atoms with Gasteiger partial charge in [0.15, 0.2) is 0 Å². The largest absolute Gasteiger partial charge is 0.0804 e. The van der Waals surface area contributed by atoms with Gasteiger partial charge in [0.05, 0.1) is 0 Å². The summed E-state index contributed by atoms with van der Waals surface area (Å²) in [7, 11) is 0. The van der Waals surface area contributed by atoms with E-state index in [1.165, 1.54) is 36.8 Å². The van der Waals surface area contributed by atoms with Crippen molar-refractivity contribution in [3.8, 4) is 0 Å². The average molecular weight is 146 g/mol. The lowest BCUT2D eigenvalue weighted by molar-refractivity contribution is 0.867. The molecule has 0 bridgehead atoms. The molecule has 0 heteroatoms. The number of allylic oxidation sites excluding steroid dienone is 6. The molecule has 0 aliphatic heterocycles. The van der Waals surface area contributed by atoms with Crippen LogP contribution in [-0.4, -0.2) is 0 Å². The molecule has 11 heavy (non-hydrogen) atoms. The molecule has 0 heterocycles. The first-order valence-electron chi connectivity index (χ1n) is 4.43. The summed E-state index contributed by atoms with van der Waals surface area (Å²) in [5, 5.41) is 0. The molecule has 0 atom stereocenters. The van der Waals surface area contributed by atoms with E-state index in [-0.39, 0.29) is 0 Å². The van der Waals surface area contributed by atoms with Gasteiger partial charge in [-0.3, -0.25) is 0 Å². The summed E-state index contributed by atoms with van der Waals surface area (Å²) in [4.78, 5) is 0. The van der Waals surface area contributed by atoms with Gasteiger partial charge in [0.25, 0.3) is 0 Å². The third kappa shape index (κ3) is 1.30. The molecule has 2 aliphatic carbocycles. The smallest absolute Gasteiger partial charge is 0.0239 e. The fourth-order valence-electron chi connectivity index (χ4n) is 1.81. The summed E-state index contributed by atoms with van der Waals surface area (Å²) in [5.74, 6) is 0. The third-order valence-corrected chi connectivity index (χ3v) is 2.48. The van der Waals surface area contributed by atoms with E-state index in [1.54, 1.807) is 5.57 Å². The van der Waals surface area contributed by atoms with Crippen molar-refractivity contribution in [3.63, 3.8) is 0 Å². The molecule has 0 unspecified atom stereocenters. The van der Waals surface area contributed by atoms with E-state index in [1.807, 2.05) is 0 Å². The topological polar surface area (TPSA) is 0 Å². The van der Waals surface area contributed by atoms with Crippen LogP contribution in [0.3, 0.4) is 0 Å². The number of hydrogen-bond acceptors (Lipinski definition) is 0. The van der Waals surface area contributed by atoms with Crippen LogP contribution in [-0.2, 0) is 0 Å². The average Bonchev–Trinajstić information content (AvgIpc) is 2.04. The minimum absolute atomic E-state index is 1.24. The summed E-state index contributed by atoms with van der Waals surface area (Å²) < 4.78 is 0. The van der Waals surface area contributed by atoms with Crippen LogP contribution >= 0.6 is 0 Å². The third-order valence-electron chi connectivity index (χ3n) is 2.48. The highest BCUT2D eigenvalue weighted by atomic mass is 14.2. The Hall–Kier alpha value is -0.780. The van der Waals surface area contributed by atoms with Crippen molar-refractivity contribution in [2.45, 2.75) is 32.6 Å². The summed E-state index contributed by atoms with van der Waals surface area (Å²) in [6.07, 6.45) is 12.1. The molecule has 0 aromatic rings. The standard InChI is InChI=1S/C11H14/c1-9-6-7-10-4-2-3-5-11(10)8-9/h4-5,8H,2-3,6-7H2,1H3. The molecule has 2 rings (SSSR count). The predicted octanol–water partition coefficient (Wildman–Crippen LogP) is 3.37. The fraction of sp³-hybridized carbons (Fsp3) is 0.455. The quantitative estimate of drug-likeness (QED) is 0.491. The first-order chi connectivity index (χ1) is 5.36. The molecule has 0 N–H and O–H groups in total. The van der Waals surface area contributed by atoms with Gasteiger partial charge < -0.3 is 0 Å². The van der Waals surface area contributed by atoms with Crippen molar-refractivity contribution in [1.29, 1.82) is 0 Å². The summed E-state index contributed by atoms with van der Waals surface area (Å²) in [6, 6.07) is 0. The highest BCUT2D eigenvalue weighted by molar-refractivity contribution is 5.46. The molecule has 0 radical (unpaired) electrons. The zero-order chi connectivity index (χ0) is 7.68. The second-order valence-corrected chi connectivity index (χ2v) is 3.46. The Bertz CT molecular complexity index is 251. The lowest BCUT2D eigenvalue weighted by Gasteiger charge is -2.19. The van der Waals surface area contributed by atoms with E-state index in [0.717, 1.165) is 0 Å². The molecule has 0 fully saturated rings. The molecule has 0 aromatic heterocycles. The van der Waals surface area contributed by atoms with Gasteiger partial charge in [-0.05, 0) is 43.8 Å². The molecular weight excluding hydrogens is 132 g/mol. The number of fused-ring (bicyclic) bond motifs is 1. The van der Waals surface area contributed by atoms with Crippen molar-refractivity contribution < 1.29 is 0 Å². The van der Waals surface area contributed by atoms with Crippen LogP contribution in [0.4, 0.5) is 0 Å². The van der Waals surface area contributed by atoms with Gasteiger partial charge in [-0.2, -0.15) is 0 Å². The van der Waals surface area contributed by atoms with E-state index < -0.39 is 0 Å². The second-order valence-electron chi connectivity index (χ2n) is 3.46. The summed E-state index contributed by atoms with van der Waals surface area (Å²) in [6.45, 7) is 2.23. The van der Waals surface area contributed by atoms with Crippen molar-refractivity contribution in [3.05, 3.63) is 34.9 Å². The molecule has 0 saturated heterocycles. The second kappa shape index (κ2) is 2.69. The predicted molar refractivity (Wildman–Crippen MR) is 48.4 cm³/mol. The first kappa shape index (κ1) is 6.90. The Morgan fingerprint density at radius 1 is 1.09 bits per heavy atom. The van der Waals surface area contributed by atoms with Crippen molar-refractivity contribution >= 4 is 0 Å². The molecule has 0 nitrogen and oxygen atoms in total. The molecule has 0 amide bonds. The fourth-order valence-corrected chi connectivity index (χ4v) is 1.81. The highest BCUT2D eigenvalue weighted by Crippen LogP contribution is 2.30. The normalized spacial score (nSPS) is 23.2. The van der Waals surface area contributed by atoms with Gasteiger partial charge in [-0.1, -0.05) is 23.8 Å². The first-order valence-corrected chi connectivity index (χ1v) is 4.43. The summed E-state index contributed by atoms with van der Waals surface area (Å²) in [5.41, 5.74) is 4.62. The molecule has 2 aliphatic rings. The molecule has 0 spiro atoms. The van der Waals surface area contributed by atoms with Gasteiger partial charge >= 0.3 is 0 Å². The minimum Gasteiger partial charge on any atom is -0.0804 e. The van der Waals surface area contributed by atoms with E-state index in [9.17, 15) is 0 Å². The maximum Gasteiger partial charge on any atom is -0.0239 e. The Labute approximate surface area is 68.3 Å². The minimum atomic E-state index is 1.24. The van der Waals surface area contributed by atoms with Crippen LogP contribution in [0.2, 0.25) is 0 Å². The monoisotopic (exact) mass is 146 g/mol. The van der Waals surface area contributed by atoms with Crippen LogP contribution in [0.15, 0.2) is 34.9 Å². The zero-order valence-corrected chi connectivity index (χ0v) is 7.06. The van der Waals surface area contributed by atoms with Gasteiger partial charge in [0.1, 0.15) is 0 Å². The van der Waals surface area contributed by atoms with E-state index >= 15 is 0 Å². The van der Waals surface area contributed by atoms with Crippen LogP contribution in [0, 0.1) is 0 Å². The number of rotatable bonds is 0. The molecule has 0 aromatic carbocycles. The SMILES string of the molecule is CC1=CC2=CCCC=C2CC1. The van der Waals surface area contributed by atoms with Gasteiger partial charge in [0.2, 0.25) is 0 Å². The van der Waals surface area contributed by atoms with Crippen molar-refractivity contribution in [1.82, 2.24) is 0 Å². The van der Waals surface area contributed by atoms with Crippen molar-refractivity contribution in [2.75, 3.05) is 0 Å². The Kier molecular flexibility index (Phi) is 1.69. The van der Waals surface area contributed by atoms with Crippen LogP contribution in [0.25, 0.3) is 0 Å². The van der Waals surface area contributed by atoms with Gasteiger partial charge in [-0.15, -0.1) is 0 Å². The lowest BCUT2D eigenvalue weighted by Crippen LogP contribution is -1.99. The Morgan fingerprint density at radius 2 is 1.91 bits per heavy atom. The summed E-state index contributed by atoms with van der Waals surface area (Å²) >= 11 is 0. The molecular formula is C11H14. The van der Waals surface area contributed by atoms with Gasteiger partial charge in [-0.25, -0.2) is 0 Å². The van der Waals surface area contributed by atoms with Crippen LogP contribution in [0.1, 0.15) is 32.6 Å². The Morgan fingerprint density at radius 3 is 2.82 bits per heavy atom. The van der Waals surface area contributed by atoms with Crippen molar-refractivity contribution in [2.24, 2.45) is 0 Å². The zero-order valence-electron chi connectivity index (χ0n) is 7.06. The van der Waals surface area contributed by atoms with E-state index in [0.29, 0.717) is 0 Å².